The highest BCUT2D eigenvalue weighted by atomic mass is 35.5. The van der Waals surface area contributed by atoms with E-state index in [1.807, 2.05) is 0 Å². The highest BCUT2D eigenvalue weighted by Crippen LogP contribution is 2.31. The third kappa shape index (κ3) is 6.25. The highest BCUT2D eigenvalue weighted by molar-refractivity contribution is 6.31. The van der Waals surface area contributed by atoms with Gasteiger partial charge >= 0.3 is 6.18 Å². The number of methoxy groups -OCH3 is 1. The van der Waals surface area contributed by atoms with E-state index in [0.29, 0.717) is 16.5 Å². The lowest BCUT2D eigenvalue weighted by Crippen LogP contribution is -2.23. The molecule has 0 radical (unpaired) electrons. The van der Waals surface area contributed by atoms with E-state index in [4.69, 9.17) is 21.1 Å². The number of hydrogen-bond acceptors (Lipinski definition) is 4. The van der Waals surface area contributed by atoms with Crippen LogP contribution in [0.15, 0.2) is 36.4 Å². The Bertz CT molecular complexity index is 813. The quantitative estimate of drug-likeness (QED) is 0.707. The largest absolute Gasteiger partial charge is 0.495 e. The molecule has 0 saturated carbocycles. The van der Waals surface area contributed by atoms with E-state index in [1.165, 1.54) is 25.3 Å². The van der Waals surface area contributed by atoms with Crippen molar-refractivity contribution >= 4 is 28.9 Å². The van der Waals surface area contributed by atoms with Crippen molar-refractivity contribution in [2.24, 2.45) is 0 Å². The minimum absolute atomic E-state index is 0.00235. The van der Waals surface area contributed by atoms with Gasteiger partial charge in [-0.3, -0.25) is 4.79 Å². The number of benzene rings is 2. The molecule has 0 heterocycles. The molecule has 5 nitrogen and oxygen atoms in total. The fraction of sp³-hybridized carbons (Fsp3) is 0.278. The van der Waals surface area contributed by atoms with Crippen LogP contribution >= 0.6 is 11.6 Å². The maximum atomic E-state index is 12.3. The molecule has 2 rings (SSSR count). The van der Waals surface area contributed by atoms with E-state index in [2.05, 4.69) is 10.6 Å². The number of nitrogens with one attached hydrogen (secondary N) is 2. The Labute approximate surface area is 159 Å². The second-order valence-corrected chi connectivity index (χ2v) is 6.01. The van der Waals surface area contributed by atoms with Crippen LogP contribution in [0.25, 0.3) is 0 Å². The van der Waals surface area contributed by atoms with Crippen LogP contribution in [0.5, 0.6) is 11.5 Å². The van der Waals surface area contributed by atoms with Crippen molar-refractivity contribution in [1.82, 2.24) is 0 Å². The molecule has 0 aromatic heterocycles. The smallest absolute Gasteiger partial charge is 0.422 e. The fourth-order valence-corrected chi connectivity index (χ4v) is 2.35. The zero-order chi connectivity index (χ0) is 20.0. The van der Waals surface area contributed by atoms with Crippen molar-refractivity contribution in [3.8, 4) is 11.5 Å². The van der Waals surface area contributed by atoms with E-state index in [1.54, 1.807) is 25.1 Å². The van der Waals surface area contributed by atoms with E-state index in [-0.39, 0.29) is 18.0 Å². The van der Waals surface area contributed by atoms with Crippen molar-refractivity contribution in [1.29, 1.82) is 0 Å². The molecule has 0 saturated heterocycles. The molecule has 2 aromatic rings. The minimum Gasteiger partial charge on any atom is -0.495 e. The van der Waals surface area contributed by atoms with Gasteiger partial charge in [-0.05, 0) is 30.7 Å². The van der Waals surface area contributed by atoms with Gasteiger partial charge in [0.25, 0.3) is 0 Å². The maximum Gasteiger partial charge on any atom is 0.422 e. The van der Waals surface area contributed by atoms with Crippen molar-refractivity contribution in [2.45, 2.75) is 13.1 Å². The van der Waals surface area contributed by atoms with Gasteiger partial charge in [-0.25, -0.2) is 0 Å². The molecule has 9 heteroatoms. The van der Waals surface area contributed by atoms with Gasteiger partial charge in [0.05, 0.1) is 25.0 Å². The Morgan fingerprint density at radius 1 is 1.15 bits per heavy atom. The van der Waals surface area contributed by atoms with Crippen molar-refractivity contribution < 1.29 is 27.4 Å². The monoisotopic (exact) mass is 402 g/mol. The number of amides is 1. The Balaban J connectivity index is 2.01. The number of carbonyl (C=O) groups excluding carboxylic acids is 1. The predicted molar refractivity (Wildman–Crippen MR) is 97.9 cm³/mol. The summed E-state index contributed by atoms with van der Waals surface area (Å²) in [7, 11) is 1.45. The van der Waals surface area contributed by atoms with Gasteiger partial charge in [0.15, 0.2) is 6.61 Å². The Morgan fingerprint density at radius 2 is 1.85 bits per heavy atom. The van der Waals surface area contributed by atoms with Crippen LogP contribution in [-0.4, -0.2) is 32.3 Å². The first-order valence-electron chi connectivity index (χ1n) is 7.86. The van der Waals surface area contributed by atoms with E-state index < -0.39 is 18.7 Å². The Kier molecular flexibility index (Phi) is 6.79. The predicted octanol–water partition coefficient (Wildman–Crippen LogP) is 4.65. The zero-order valence-corrected chi connectivity index (χ0v) is 15.4. The molecule has 0 spiro atoms. The number of halogens is 4. The van der Waals surface area contributed by atoms with Crippen LogP contribution in [-0.2, 0) is 4.79 Å². The number of para-hydroxylation sites is 2. The Morgan fingerprint density at radius 3 is 2.52 bits per heavy atom. The summed E-state index contributed by atoms with van der Waals surface area (Å²) in [6.45, 7) is 0.181. The van der Waals surface area contributed by atoms with Crippen molar-refractivity contribution in [3.05, 3.63) is 47.0 Å². The number of alkyl halides is 3. The Hall–Kier alpha value is -2.61. The number of ether oxygens (including phenoxy) is 2. The maximum absolute atomic E-state index is 12.3. The van der Waals surface area contributed by atoms with Gasteiger partial charge in [0, 0.05) is 11.1 Å². The number of rotatable bonds is 7. The average molecular weight is 403 g/mol. The molecule has 0 aliphatic heterocycles. The topological polar surface area (TPSA) is 59.6 Å². The van der Waals surface area contributed by atoms with Crippen LogP contribution in [0.1, 0.15) is 5.56 Å². The molecule has 0 unspecified atom stereocenters. The summed E-state index contributed by atoms with van der Waals surface area (Å²) in [4.78, 5) is 12.2. The first-order chi connectivity index (χ1) is 12.7. The van der Waals surface area contributed by atoms with E-state index in [0.717, 1.165) is 5.56 Å². The van der Waals surface area contributed by atoms with Crippen molar-refractivity contribution in [3.63, 3.8) is 0 Å². The first kappa shape index (κ1) is 20.7. The SMILES string of the molecule is COc1cc(Cl)c(C)cc1NC(=O)CNc1ccccc1OCC(F)(F)F. The summed E-state index contributed by atoms with van der Waals surface area (Å²) in [5.74, 6) is -0.0175. The number of hydrogen-bond donors (Lipinski definition) is 2. The van der Waals surface area contributed by atoms with Crippen LogP contribution in [0, 0.1) is 6.92 Å². The lowest BCUT2D eigenvalue weighted by Gasteiger charge is -2.15. The molecule has 146 valence electrons. The average Bonchev–Trinajstić information content (AvgIpc) is 2.61. The second kappa shape index (κ2) is 8.85. The molecule has 2 N–H and O–H groups in total. The van der Waals surface area contributed by atoms with Gasteiger partial charge in [-0.2, -0.15) is 13.2 Å². The third-order valence-corrected chi connectivity index (χ3v) is 3.88. The van der Waals surface area contributed by atoms with Crippen molar-refractivity contribution in [2.75, 3.05) is 30.9 Å². The van der Waals surface area contributed by atoms with Crippen LogP contribution in [0.3, 0.4) is 0 Å². The number of carbonyl (C=O) groups is 1. The van der Waals surface area contributed by atoms with E-state index >= 15 is 0 Å². The van der Waals surface area contributed by atoms with Gasteiger partial charge in [-0.1, -0.05) is 23.7 Å². The summed E-state index contributed by atoms with van der Waals surface area (Å²) in [6, 6.07) is 9.31. The summed E-state index contributed by atoms with van der Waals surface area (Å²) >= 11 is 6.02. The highest BCUT2D eigenvalue weighted by Gasteiger charge is 2.28. The lowest BCUT2D eigenvalue weighted by atomic mass is 10.2. The summed E-state index contributed by atoms with van der Waals surface area (Å²) in [5.41, 5.74) is 1.47. The first-order valence-corrected chi connectivity index (χ1v) is 8.24. The molecule has 2 aromatic carbocycles. The molecular formula is C18H18ClF3N2O3. The molecule has 0 aliphatic carbocycles. The second-order valence-electron chi connectivity index (χ2n) is 5.60. The molecule has 0 bridgehead atoms. The van der Waals surface area contributed by atoms with Gasteiger partial charge < -0.3 is 20.1 Å². The van der Waals surface area contributed by atoms with Gasteiger partial charge in [0.1, 0.15) is 11.5 Å². The summed E-state index contributed by atoms with van der Waals surface area (Å²) < 4.78 is 46.9. The number of aryl methyl sites for hydroxylation is 1. The third-order valence-electron chi connectivity index (χ3n) is 3.47. The molecule has 0 fully saturated rings. The van der Waals surface area contributed by atoms with Crippen LogP contribution in [0.2, 0.25) is 5.02 Å². The number of anilines is 2. The standard InChI is InChI=1S/C18H18ClF3N2O3/c1-11-7-14(16(26-2)8-12(11)19)24-17(25)9-23-13-5-3-4-6-15(13)27-10-18(20,21)22/h3-8,23H,9-10H2,1-2H3,(H,24,25). The zero-order valence-electron chi connectivity index (χ0n) is 14.6. The molecule has 0 aliphatic rings. The normalized spacial score (nSPS) is 11.0. The minimum atomic E-state index is -4.45. The summed E-state index contributed by atoms with van der Waals surface area (Å²) in [6.07, 6.45) is -4.45. The van der Waals surface area contributed by atoms with Gasteiger partial charge in [0.2, 0.25) is 5.91 Å². The van der Waals surface area contributed by atoms with Crippen LogP contribution < -0.4 is 20.1 Å². The van der Waals surface area contributed by atoms with Gasteiger partial charge in [-0.15, -0.1) is 0 Å². The van der Waals surface area contributed by atoms with Crippen LogP contribution in [0.4, 0.5) is 24.5 Å². The molecule has 27 heavy (non-hydrogen) atoms. The lowest BCUT2D eigenvalue weighted by molar-refractivity contribution is -0.153. The fourth-order valence-electron chi connectivity index (χ4n) is 2.20. The summed E-state index contributed by atoms with van der Waals surface area (Å²) in [5, 5.41) is 5.93. The van der Waals surface area contributed by atoms with E-state index in [9.17, 15) is 18.0 Å². The molecular weight excluding hydrogens is 385 g/mol. The molecule has 1 amide bonds. The molecule has 0 atom stereocenters.